The molecule has 4 heterocycles. The zero-order valence-corrected chi connectivity index (χ0v) is 15.1. The highest BCUT2D eigenvalue weighted by Crippen LogP contribution is 2.28. The molecule has 0 amide bonds. The zero-order valence-electron chi connectivity index (χ0n) is 14.3. The van der Waals surface area contributed by atoms with Gasteiger partial charge < -0.3 is 15.5 Å². The zero-order chi connectivity index (χ0) is 16.2. The van der Waals surface area contributed by atoms with E-state index in [0.717, 1.165) is 49.1 Å². The van der Waals surface area contributed by atoms with E-state index in [9.17, 15) is 0 Å². The lowest BCUT2D eigenvalue weighted by Crippen LogP contribution is -2.39. The Hall–Kier alpha value is -1.92. The molecule has 2 aromatic heterocycles. The molecular formula is C18H25ClN6. The minimum atomic E-state index is 0. The summed E-state index contributed by atoms with van der Waals surface area (Å²) in [7, 11) is 0. The molecule has 0 saturated carbocycles. The van der Waals surface area contributed by atoms with E-state index < -0.39 is 0 Å². The molecule has 2 aliphatic rings. The Morgan fingerprint density at radius 1 is 1.12 bits per heavy atom. The number of rotatable bonds is 4. The highest BCUT2D eigenvalue weighted by atomic mass is 35.5. The van der Waals surface area contributed by atoms with Gasteiger partial charge in [-0.1, -0.05) is 0 Å². The first-order valence-electron chi connectivity index (χ1n) is 8.90. The largest absolute Gasteiger partial charge is 0.363 e. The second-order valence-electron chi connectivity index (χ2n) is 6.55. The predicted octanol–water partition coefficient (Wildman–Crippen LogP) is 2.72. The lowest BCUT2D eigenvalue weighted by Gasteiger charge is -2.27. The van der Waals surface area contributed by atoms with Crippen LogP contribution in [0.4, 0.5) is 11.6 Å². The van der Waals surface area contributed by atoms with Crippen molar-refractivity contribution >= 4 is 24.0 Å². The van der Waals surface area contributed by atoms with Crippen LogP contribution in [0.3, 0.4) is 0 Å². The maximum absolute atomic E-state index is 4.91. The van der Waals surface area contributed by atoms with Crippen LogP contribution >= 0.6 is 12.4 Å². The monoisotopic (exact) mass is 360 g/mol. The number of piperidine rings is 1. The van der Waals surface area contributed by atoms with Crippen molar-refractivity contribution < 1.29 is 0 Å². The summed E-state index contributed by atoms with van der Waals surface area (Å²) in [6.07, 6.45) is 10.3. The van der Waals surface area contributed by atoms with Crippen LogP contribution in [0.2, 0.25) is 0 Å². The first-order valence-corrected chi connectivity index (χ1v) is 8.90. The van der Waals surface area contributed by atoms with Gasteiger partial charge in [0.05, 0.1) is 11.9 Å². The lowest BCUT2D eigenvalue weighted by molar-refractivity contribution is 0.479. The molecular weight excluding hydrogens is 336 g/mol. The second kappa shape index (κ2) is 8.45. The van der Waals surface area contributed by atoms with Gasteiger partial charge in [0, 0.05) is 43.6 Å². The summed E-state index contributed by atoms with van der Waals surface area (Å²) in [6, 6.07) is 4.37. The van der Waals surface area contributed by atoms with Crippen molar-refractivity contribution in [2.75, 3.05) is 36.4 Å². The van der Waals surface area contributed by atoms with Crippen LogP contribution in [-0.4, -0.2) is 47.2 Å². The quantitative estimate of drug-likeness (QED) is 0.874. The van der Waals surface area contributed by atoms with Gasteiger partial charge in [-0.05, 0) is 44.4 Å². The topological polar surface area (TPSA) is 66.0 Å². The number of hydrogen-bond donors (Lipinski definition) is 2. The number of hydrogen-bond acceptors (Lipinski definition) is 6. The molecule has 1 unspecified atom stereocenters. The molecule has 7 heteroatoms. The van der Waals surface area contributed by atoms with E-state index in [1.165, 1.54) is 25.7 Å². The maximum Gasteiger partial charge on any atom is 0.171 e. The Labute approximate surface area is 154 Å². The molecule has 25 heavy (non-hydrogen) atoms. The van der Waals surface area contributed by atoms with E-state index in [2.05, 4.69) is 20.5 Å². The van der Waals surface area contributed by atoms with Gasteiger partial charge in [0.15, 0.2) is 11.6 Å². The SMILES string of the molecule is Cl.c1cc(-c2cnc(N3CCCC3)c(NC3CCCNC3)n2)ccn1. The van der Waals surface area contributed by atoms with Gasteiger partial charge in [-0.15, -0.1) is 12.4 Å². The maximum atomic E-state index is 4.91. The number of aromatic nitrogens is 3. The number of nitrogens with zero attached hydrogens (tertiary/aromatic N) is 4. The van der Waals surface area contributed by atoms with Gasteiger partial charge in [-0.2, -0.15) is 0 Å². The Bertz CT molecular complexity index is 669. The molecule has 6 nitrogen and oxygen atoms in total. The van der Waals surface area contributed by atoms with Gasteiger partial charge in [0.25, 0.3) is 0 Å². The minimum Gasteiger partial charge on any atom is -0.363 e. The molecule has 1 atom stereocenters. The summed E-state index contributed by atoms with van der Waals surface area (Å²) >= 11 is 0. The molecule has 4 rings (SSSR count). The van der Waals surface area contributed by atoms with Gasteiger partial charge in [-0.25, -0.2) is 9.97 Å². The highest BCUT2D eigenvalue weighted by Gasteiger charge is 2.22. The van der Waals surface area contributed by atoms with E-state index in [1.807, 2.05) is 18.3 Å². The highest BCUT2D eigenvalue weighted by molar-refractivity contribution is 5.85. The van der Waals surface area contributed by atoms with Crippen molar-refractivity contribution in [1.29, 1.82) is 0 Å². The van der Waals surface area contributed by atoms with Crippen molar-refractivity contribution in [3.8, 4) is 11.3 Å². The van der Waals surface area contributed by atoms with Crippen LogP contribution in [0.25, 0.3) is 11.3 Å². The average Bonchev–Trinajstić information content (AvgIpc) is 3.18. The fourth-order valence-electron chi connectivity index (χ4n) is 3.47. The Morgan fingerprint density at radius 3 is 2.64 bits per heavy atom. The number of halogens is 1. The number of anilines is 2. The number of nitrogens with one attached hydrogen (secondary N) is 2. The molecule has 0 aromatic carbocycles. The molecule has 2 saturated heterocycles. The first kappa shape index (κ1) is 17.9. The summed E-state index contributed by atoms with van der Waals surface area (Å²) in [4.78, 5) is 16.1. The fourth-order valence-corrected chi connectivity index (χ4v) is 3.47. The van der Waals surface area contributed by atoms with Crippen molar-refractivity contribution in [3.63, 3.8) is 0 Å². The van der Waals surface area contributed by atoms with Crippen LogP contribution in [0.5, 0.6) is 0 Å². The predicted molar refractivity (Wildman–Crippen MR) is 103 cm³/mol. The summed E-state index contributed by atoms with van der Waals surface area (Å²) < 4.78 is 0. The molecule has 2 aliphatic heterocycles. The molecule has 0 aliphatic carbocycles. The standard InChI is InChI=1S/C18H24N6.ClH/c1-2-11-24(10-1)18-17(22-15-4-3-7-20-12-15)23-16(13-21-18)14-5-8-19-9-6-14;/h5-6,8-9,13,15,20H,1-4,7,10-12H2,(H,22,23);1H. The summed E-state index contributed by atoms with van der Waals surface area (Å²) in [6.45, 7) is 4.24. The van der Waals surface area contributed by atoms with Gasteiger partial charge in [0.2, 0.25) is 0 Å². The third-order valence-corrected chi connectivity index (χ3v) is 4.77. The lowest BCUT2D eigenvalue weighted by atomic mass is 10.1. The Kier molecular flexibility index (Phi) is 6.04. The fraction of sp³-hybridized carbons (Fsp3) is 0.500. The molecule has 0 spiro atoms. The van der Waals surface area contributed by atoms with Gasteiger partial charge in [-0.3, -0.25) is 4.98 Å². The van der Waals surface area contributed by atoms with Crippen molar-refractivity contribution in [1.82, 2.24) is 20.3 Å². The third-order valence-electron chi connectivity index (χ3n) is 4.77. The van der Waals surface area contributed by atoms with Crippen LogP contribution in [0.15, 0.2) is 30.7 Å². The number of pyridine rings is 1. The average molecular weight is 361 g/mol. The molecule has 2 N–H and O–H groups in total. The van der Waals surface area contributed by atoms with Crippen molar-refractivity contribution in [2.24, 2.45) is 0 Å². The van der Waals surface area contributed by atoms with E-state index in [0.29, 0.717) is 6.04 Å². The van der Waals surface area contributed by atoms with Crippen LogP contribution in [0, 0.1) is 0 Å². The van der Waals surface area contributed by atoms with Gasteiger partial charge >= 0.3 is 0 Å². The second-order valence-corrected chi connectivity index (χ2v) is 6.55. The summed E-state index contributed by atoms with van der Waals surface area (Å²) in [5.41, 5.74) is 1.95. The van der Waals surface area contributed by atoms with E-state index in [1.54, 1.807) is 12.4 Å². The van der Waals surface area contributed by atoms with Crippen molar-refractivity contribution in [3.05, 3.63) is 30.7 Å². The Balaban J connectivity index is 0.00000182. The van der Waals surface area contributed by atoms with Crippen LogP contribution < -0.4 is 15.5 Å². The van der Waals surface area contributed by atoms with Crippen LogP contribution in [0.1, 0.15) is 25.7 Å². The summed E-state index contributed by atoms with van der Waals surface area (Å²) in [5, 5.41) is 7.10. The molecule has 0 radical (unpaired) electrons. The molecule has 0 bridgehead atoms. The smallest absolute Gasteiger partial charge is 0.171 e. The molecule has 134 valence electrons. The molecule has 2 aromatic rings. The third kappa shape index (κ3) is 4.19. The van der Waals surface area contributed by atoms with Gasteiger partial charge in [0.1, 0.15) is 0 Å². The minimum absolute atomic E-state index is 0. The normalized spacial score (nSPS) is 20.2. The van der Waals surface area contributed by atoms with Crippen molar-refractivity contribution in [2.45, 2.75) is 31.7 Å². The van der Waals surface area contributed by atoms with E-state index in [4.69, 9.17) is 9.97 Å². The van der Waals surface area contributed by atoms with E-state index >= 15 is 0 Å². The van der Waals surface area contributed by atoms with E-state index in [-0.39, 0.29) is 12.4 Å². The first-order chi connectivity index (χ1) is 11.9. The Morgan fingerprint density at radius 2 is 1.92 bits per heavy atom. The summed E-state index contributed by atoms with van der Waals surface area (Å²) in [5.74, 6) is 1.91. The molecule has 2 fully saturated rings. The van der Waals surface area contributed by atoms with Crippen LogP contribution in [-0.2, 0) is 0 Å².